The van der Waals surface area contributed by atoms with Crippen molar-refractivity contribution in [2.45, 2.75) is 58.5 Å². The molecule has 27 heavy (non-hydrogen) atoms. The smallest absolute Gasteiger partial charge is 0.222 e. The molecule has 1 N–H and O–H groups in total. The van der Waals surface area contributed by atoms with Crippen LogP contribution in [0, 0.1) is 13.8 Å². The fraction of sp³-hybridized carbons (Fsp3) is 0.500. The minimum Gasteiger partial charge on any atom is -0.361 e. The lowest BCUT2D eigenvalue weighted by molar-refractivity contribution is -0.131. The van der Waals surface area contributed by atoms with Crippen LogP contribution in [0.15, 0.2) is 29.0 Å². The number of nitrogens with one attached hydrogen (secondary N) is 1. The van der Waals surface area contributed by atoms with Crippen molar-refractivity contribution in [3.05, 3.63) is 47.1 Å². The Kier molecular flexibility index (Phi) is 6.21. The molecule has 2 amide bonds. The molecule has 1 atom stereocenters. The number of carbonyl (C=O) groups is 2. The average Bonchev–Trinajstić information content (AvgIpc) is 2.88. The Balaban J connectivity index is 1.50. The summed E-state index contributed by atoms with van der Waals surface area (Å²) in [5.41, 5.74) is 2.90. The van der Waals surface area contributed by atoms with Crippen LogP contribution in [0.25, 0.3) is 0 Å². The fourth-order valence-corrected chi connectivity index (χ4v) is 3.37. The van der Waals surface area contributed by atoms with Crippen molar-refractivity contribution < 1.29 is 14.1 Å². The van der Waals surface area contributed by atoms with Crippen molar-refractivity contribution in [1.82, 2.24) is 20.4 Å². The van der Waals surface area contributed by atoms with Crippen molar-refractivity contribution >= 4 is 11.8 Å². The van der Waals surface area contributed by atoms with Crippen LogP contribution in [0.3, 0.4) is 0 Å². The summed E-state index contributed by atoms with van der Waals surface area (Å²) in [5.74, 6) is 0.900. The van der Waals surface area contributed by atoms with Gasteiger partial charge in [-0.3, -0.25) is 14.6 Å². The van der Waals surface area contributed by atoms with E-state index in [0.717, 1.165) is 29.0 Å². The molecule has 3 heterocycles. The first-order chi connectivity index (χ1) is 13.0. The normalized spacial score (nSPS) is 17.6. The monoisotopic (exact) mass is 370 g/mol. The van der Waals surface area contributed by atoms with Crippen molar-refractivity contribution in [2.24, 2.45) is 0 Å². The Morgan fingerprint density at radius 1 is 1.30 bits per heavy atom. The van der Waals surface area contributed by atoms with Crippen molar-refractivity contribution in [3.8, 4) is 0 Å². The minimum absolute atomic E-state index is 0.0310. The van der Waals surface area contributed by atoms with E-state index < -0.39 is 0 Å². The molecule has 7 heteroatoms. The van der Waals surface area contributed by atoms with Crippen LogP contribution in [0.1, 0.15) is 48.3 Å². The maximum absolute atomic E-state index is 12.5. The highest BCUT2D eigenvalue weighted by Gasteiger charge is 2.25. The molecular formula is C20H26N4O3. The third kappa shape index (κ3) is 5.15. The van der Waals surface area contributed by atoms with Gasteiger partial charge in [0.05, 0.1) is 12.2 Å². The van der Waals surface area contributed by atoms with Gasteiger partial charge in [-0.25, -0.2) is 0 Å². The fourth-order valence-electron chi connectivity index (χ4n) is 3.37. The van der Waals surface area contributed by atoms with E-state index in [2.05, 4.69) is 15.5 Å². The molecule has 1 fully saturated rings. The van der Waals surface area contributed by atoms with Gasteiger partial charge in [0.25, 0.3) is 0 Å². The molecule has 1 aliphatic rings. The second kappa shape index (κ2) is 8.79. The second-order valence-corrected chi connectivity index (χ2v) is 7.07. The van der Waals surface area contributed by atoms with Crippen LogP contribution >= 0.6 is 0 Å². The molecule has 1 unspecified atom stereocenters. The number of carbonyl (C=O) groups excluding carboxylic acids is 2. The number of pyridine rings is 1. The van der Waals surface area contributed by atoms with Crippen LogP contribution in [0.4, 0.5) is 0 Å². The number of nitrogens with zero attached hydrogens (tertiary/aromatic N) is 3. The lowest BCUT2D eigenvalue weighted by atomic mass is 10.1. The third-order valence-corrected chi connectivity index (χ3v) is 5.09. The number of amides is 2. The molecule has 0 aliphatic carbocycles. The van der Waals surface area contributed by atoms with Crippen molar-refractivity contribution in [2.75, 3.05) is 6.54 Å². The van der Waals surface area contributed by atoms with E-state index in [1.165, 1.54) is 0 Å². The van der Waals surface area contributed by atoms with E-state index in [9.17, 15) is 9.59 Å². The van der Waals surface area contributed by atoms with Gasteiger partial charge in [0, 0.05) is 43.4 Å². The topological polar surface area (TPSA) is 88.3 Å². The zero-order valence-electron chi connectivity index (χ0n) is 15.9. The van der Waals surface area contributed by atoms with Gasteiger partial charge in [0.2, 0.25) is 11.8 Å². The number of hydrogen-bond donors (Lipinski definition) is 1. The van der Waals surface area contributed by atoms with Crippen LogP contribution in [0.5, 0.6) is 0 Å². The standard InChI is InChI=1S/C20H26N4O3/c1-14-18(15(2)27-23-14)13-24-12-9-17(4-6-20(24)26)22-19(25)5-3-16-7-10-21-11-8-16/h7-8,10-11,17H,3-6,9,12-13H2,1-2H3,(H,22,25). The first-order valence-electron chi connectivity index (χ1n) is 9.40. The Labute approximate surface area is 159 Å². The number of rotatable bonds is 6. The van der Waals surface area contributed by atoms with Gasteiger partial charge in [-0.1, -0.05) is 5.16 Å². The molecule has 7 nitrogen and oxygen atoms in total. The van der Waals surface area contributed by atoms with E-state index in [4.69, 9.17) is 4.52 Å². The van der Waals surface area contributed by atoms with E-state index in [1.807, 2.05) is 30.9 Å². The molecule has 0 bridgehead atoms. The molecule has 0 aromatic carbocycles. The Hall–Kier alpha value is -2.70. The van der Waals surface area contributed by atoms with Crippen LogP contribution in [0.2, 0.25) is 0 Å². The van der Waals surface area contributed by atoms with Gasteiger partial charge in [0.1, 0.15) is 5.76 Å². The van der Waals surface area contributed by atoms with Gasteiger partial charge < -0.3 is 14.7 Å². The van der Waals surface area contributed by atoms with Gasteiger partial charge in [-0.05, 0) is 50.8 Å². The molecule has 2 aromatic heterocycles. The van der Waals surface area contributed by atoms with Crippen LogP contribution in [-0.2, 0) is 22.6 Å². The van der Waals surface area contributed by atoms with Crippen LogP contribution in [-0.4, -0.2) is 39.4 Å². The largest absolute Gasteiger partial charge is 0.361 e. The average molecular weight is 370 g/mol. The quantitative estimate of drug-likeness (QED) is 0.843. The van der Waals surface area contributed by atoms with Crippen molar-refractivity contribution in [1.29, 1.82) is 0 Å². The summed E-state index contributed by atoms with van der Waals surface area (Å²) in [6.45, 7) is 4.89. The molecule has 1 aliphatic heterocycles. The third-order valence-electron chi connectivity index (χ3n) is 5.09. The van der Waals surface area contributed by atoms with Crippen molar-refractivity contribution in [3.63, 3.8) is 0 Å². The number of aryl methyl sites for hydroxylation is 3. The molecule has 1 saturated heterocycles. The number of hydrogen-bond acceptors (Lipinski definition) is 5. The van der Waals surface area contributed by atoms with E-state index in [-0.39, 0.29) is 17.9 Å². The molecule has 3 rings (SSSR count). The van der Waals surface area contributed by atoms with Gasteiger partial charge in [-0.2, -0.15) is 0 Å². The summed E-state index contributed by atoms with van der Waals surface area (Å²) < 4.78 is 5.19. The van der Waals surface area contributed by atoms with Gasteiger partial charge in [-0.15, -0.1) is 0 Å². The molecule has 0 saturated carbocycles. The van der Waals surface area contributed by atoms with E-state index >= 15 is 0 Å². The lowest BCUT2D eigenvalue weighted by Crippen LogP contribution is -2.36. The van der Waals surface area contributed by atoms with E-state index in [0.29, 0.717) is 38.8 Å². The predicted octanol–water partition coefficient (Wildman–Crippen LogP) is 2.32. The highest BCUT2D eigenvalue weighted by atomic mass is 16.5. The van der Waals surface area contributed by atoms with Gasteiger partial charge >= 0.3 is 0 Å². The zero-order valence-corrected chi connectivity index (χ0v) is 15.9. The predicted molar refractivity (Wildman–Crippen MR) is 99.7 cm³/mol. The maximum atomic E-state index is 12.5. The summed E-state index contributed by atoms with van der Waals surface area (Å²) >= 11 is 0. The Morgan fingerprint density at radius 3 is 2.78 bits per heavy atom. The second-order valence-electron chi connectivity index (χ2n) is 7.07. The molecule has 0 spiro atoms. The summed E-state index contributed by atoms with van der Waals surface area (Å²) in [6.07, 6.45) is 6.48. The number of likely N-dealkylation sites (tertiary alicyclic amines) is 1. The first-order valence-corrected chi connectivity index (χ1v) is 9.40. The highest BCUT2D eigenvalue weighted by molar-refractivity contribution is 5.78. The summed E-state index contributed by atoms with van der Waals surface area (Å²) in [5, 5.41) is 7.04. The van der Waals surface area contributed by atoms with Gasteiger partial charge in [0.15, 0.2) is 0 Å². The maximum Gasteiger partial charge on any atom is 0.222 e. The SMILES string of the molecule is Cc1noc(C)c1CN1CCC(NC(=O)CCc2ccncc2)CCC1=O. The molecule has 144 valence electrons. The molecule has 2 aromatic rings. The Morgan fingerprint density at radius 2 is 2.07 bits per heavy atom. The highest BCUT2D eigenvalue weighted by Crippen LogP contribution is 2.19. The van der Waals surface area contributed by atoms with E-state index in [1.54, 1.807) is 12.4 Å². The summed E-state index contributed by atoms with van der Waals surface area (Å²) in [6, 6.07) is 3.88. The number of aromatic nitrogens is 2. The minimum atomic E-state index is 0.0310. The lowest BCUT2D eigenvalue weighted by Gasteiger charge is -2.21. The first kappa shape index (κ1) is 19.1. The molecular weight excluding hydrogens is 344 g/mol. The van der Waals surface area contributed by atoms with Crippen LogP contribution < -0.4 is 5.32 Å². The zero-order chi connectivity index (χ0) is 19.2. The summed E-state index contributed by atoms with van der Waals surface area (Å²) in [4.78, 5) is 30.5. The summed E-state index contributed by atoms with van der Waals surface area (Å²) in [7, 11) is 0. The molecule has 0 radical (unpaired) electrons. The Bertz CT molecular complexity index is 768.